The molecule has 5 rings (SSSR count). The van der Waals surface area contributed by atoms with Gasteiger partial charge in [-0.05, 0) is 67.5 Å². The topological polar surface area (TPSA) is 313 Å². The van der Waals surface area contributed by atoms with Crippen LogP contribution in [0.5, 0.6) is 0 Å². The van der Waals surface area contributed by atoms with Gasteiger partial charge in [-0.15, -0.1) is 0 Å². The van der Waals surface area contributed by atoms with E-state index in [1.54, 1.807) is 46.9 Å². The highest BCUT2D eigenvalue weighted by atomic mass is 19.1. The van der Waals surface area contributed by atoms with Gasteiger partial charge in [0.05, 0.1) is 17.6 Å². The van der Waals surface area contributed by atoms with E-state index in [2.05, 4.69) is 16.0 Å². The Balaban J connectivity index is 0.00000298. The number of primary amides is 1. The number of pyridine rings is 1. The van der Waals surface area contributed by atoms with Crippen LogP contribution in [0, 0.1) is 17.7 Å². The maximum absolute atomic E-state index is 15.4. The van der Waals surface area contributed by atoms with Crippen molar-refractivity contribution in [2.45, 2.75) is 72.3 Å². The van der Waals surface area contributed by atoms with Crippen LogP contribution in [0.4, 0.5) is 25.4 Å². The molecular formula is C47H62FN9O11. The van der Waals surface area contributed by atoms with Crippen LogP contribution < -0.4 is 43.9 Å². The number of nitrogens with one attached hydrogen (secondary N) is 3. The number of hydrogen-bond donors (Lipinski definition) is 8. The second-order valence-electron chi connectivity index (χ2n) is 16.1. The van der Waals surface area contributed by atoms with Crippen molar-refractivity contribution in [3.8, 4) is 0 Å². The van der Waals surface area contributed by atoms with Crippen LogP contribution in [-0.4, -0.2) is 94.9 Å². The lowest BCUT2D eigenvalue weighted by Gasteiger charge is -2.35. The van der Waals surface area contributed by atoms with Gasteiger partial charge in [0.1, 0.15) is 30.6 Å². The van der Waals surface area contributed by atoms with Crippen molar-refractivity contribution in [1.82, 2.24) is 26.3 Å². The molecule has 0 unspecified atom stereocenters. The molecule has 21 heteroatoms. The Morgan fingerprint density at radius 2 is 1.56 bits per heavy atom. The Labute approximate surface area is 393 Å². The Hall–Kier alpha value is -7.68. The van der Waals surface area contributed by atoms with Crippen molar-refractivity contribution in [3.63, 3.8) is 0 Å². The number of carboxylic acids is 1. The summed E-state index contributed by atoms with van der Waals surface area (Å²) < 4.78 is 28.0. The van der Waals surface area contributed by atoms with Crippen LogP contribution >= 0.6 is 0 Å². The lowest BCUT2D eigenvalue weighted by Crippen LogP contribution is -2.49. The number of hydrogen-bond acceptors (Lipinski definition) is 13. The smallest absolute Gasteiger partial charge is 0.410 e. The van der Waals surface area contributed by atoms with Crippen molar-refractivity contribution >= 4 is 58.7 Å². The number of allylic oxidation sites excluding steroid dienone is 1. The number of carbonyl (C=O) groups excluding carboxylic acids is 4. The number of aromatic nitrogens is 1. The summed E-state index contributed by atoms with van der Waals surface area (Å²) in [6, 6.07) is 17.3. The molecule has 1 aromatic heterocycles. The quantitative estimate of drug-likeness (QED) is 0.0324. The summed E-state index contributed by atoms with van der Waals surface area (Å²) in [7, 11) is 0. The molecule has 0 bridgehead atoms. The summed E-state index contributed by atoms with van der Waals surface area (Å²) >= 11 is 0. The monoisotopic (exact) mass is 947 g/mol. The molecule has 0 saturated carbocycles. The number of urea groups is 1. The zero-order chi connectivity index (χ0) is 49.0. The minimum absolute atomic E-state index is 0. The van der Waals surface area contributed by atoms with Gasteiger partial charge in [-0.1, -0.05) is 56.3 Å². The fraction of sp³-hybridized carbons (Fsp3) is 0.383. The summed E-state index contributed by atoms with van der Waals surface area (Å²) in [5, 5.41) is 24.8. The summed E-state index contributed by atoms with van der Waals surface area (Å²) in [4.78, 5) is 86.7. The molecule has 1 saturated heterocycles. The van der Waals surface area contributed by atoms with E-state index in [1.165, 1.54) is 17.2 Å². The number of aryl methyl sites for hydroxylation is 1. The summed E-state index contributed by atoms with van der Waals surface area (Å²) in [5.74, 6) is -2.94. The van der Waals surface area contributed by atoms with E-state index < -0.39 is 46.9 Å². The van der Waals surface area contributed by atoms with Gasteiger partial charge in [-0.3, -0.25) is 19.2 Å². The third kappa shape index (κ3) is 16.3. The minimum atomic E-state index is -1.38. The van der Waals surface area contributed by atoms with Gasteiger partial charge in [0.2, 0.25) is 11.3 Å². The molecule has 0 aliphatic carbocycles. The van der Waals surface area contributed by atoms with Gasteiger partial charge in [0, 0.05) is 74.4 Å². The zero-order valence-electron chi connectivity index (χ0n) is 38.5. The number of piperazine rings is 1. The SMILES string of the molecule is CCn1cc(C(=O)O)c(=O)c2cc(F)c(N3CCN(C(=O)OCc4ccc(NC(=O)[C@H](CCCNC(N)=O)N/C=C(\N)[C@@H](CC(=O)OCc5ccccc5)CC(C)C)cc4)CC3)cc21.N.O=CO. The van der Waals surface area contributed by atoms with Gasteiger partial charge < -0.3 is 67.6 Å². The average Bonchev–Trinajstić information content (AvgIpc) is 3.30. The Bertz CT molecular complexity index is 2420. The first kappa shape index (κ1) is 54.7. The van der Waals surface area contributed by atoms with Crippen molar-refractivity contribution < 1.29 is 52.8 Å². The standard InChI is InChI=1S/C46H57FN8O9.CH2O2.H3N/c1-4-53-26-35(44(59)60)42(57)34-23-36(47)40(24-39(34)53)54-17-19-55(20-18-54)46(62)64-28-31-12-14-33(15-13-31)52-43(58)38(11-8-16-50-45(49)61)51-25-37(48)32(21-29(2)3)22-41(56)63-27-30-9-6-5-7-10-30;2-1-3;/h5-7,9-10,12-15,23-26,29,32,38,51H,4,8,11,16-22,27-28,48H2,1-3H3,(H,52,58)(H,59,60)(H3,49,50,61);1H,(H,2,3);1H3/b37-25-;;/t32-,38+;;/m1../s1. The molecular weight excluding hydrogens is 886 g/mol. The number of aromatic carboxylic acids is 1. The van der Waals surface area contributed by atoms with Gasteiger partial charge in [-0.2, -0.15) is 0 Å². The predicted molar refractivity (Wildman–Crippen MR) is 253 cm³/mol. The van der Waals surface area contributed by atoms with Crippen LogP contribution in [0.25, 0.3) is 10.9 Å². The van der Waals surface area contributed by atoms with Crippen molar-refractivity contribution in [2.24, 2.45) is 23.3 Å². The van der Waals surface area contributed by atoms with E-state index in [9.17, 15) is 33.9 Å². The third-order valence-electron chi connectivity index (χ3n) is 10.8. The van der Waals surface area contributed by atoms with E-state index in [0.29, 0.717) is 48.3 Å². The fourth-order valence-electron chi connectivity index (χ4n) is 7.36. The number of ether oxygens (including phenoxy) is 2. The Kier molecular flexibility index (Phi) is 21.8. The first-order valence-corrected chi connectivity index (χ1v) is 21.7. The molecule has 68 heavy (non-hydrogen) atoms. The second kappa shape index (κ2) is 27.1. The van der Waals surface area contributed by atoms with Crippen molar-refractivity contribution in [3.05, 3.63) is 118 Å². The number of carbonyl (C=O) groups is 6. The second-order valence-corrected chi connectivity index (χ2v) is 16.1. The normalized spacial score (nSPS) is 13.2. The van der Waals surface area contributed by atoms with E-state index >= 15 is 4.39 Å². The highest BCUT2D eigenvalue weighted by Crippen LogP contribution is 2.27. The number of benzene rings is 3. The number of amides is 4. The first-order valence-electron chi connectivity index (χ1n) is 21.7. The van der Waals surface area contributed by atoms with E-state index in [0.717, 1.165) is 11.6 Å². The van der Waals surface area contributed by atoms with Crippen LogP contribution in [0.3, 0.4) is 0 Å². The minimum Gasteiger partial charge on any atom is -0.483 e. The molecule has 0 spiro atoms. The van der Waals surface area contributed by atoms with Gasteiger partial charge in [-0.25, -0.2) is 18.8 Å². The van der Waals surface area contributed by atoms with Gasteiger partial charge in [0.15, 0.2) is 0 Å². The Morgan fingerprint density at radius 3 is 2.16 bits per heavy atom. The molecule has 3 aromatic carbocycles. The number of fused-ring (bicyclic) bond motifs is 1. The van der Waals surface area contributed by atoms with Gasteiger partial charge >= 0.3 is 24.1 Å². The summed E-state index contributed by atoms with van der Waals surface area (Å²) in [6.07, 6.45) is 3.65. The number of nitrogens with two attached hydrogens (primary N) is 2. The molecule has 2 heterocycles. The molecule has 0 radical (unpaired) electrons. The molecule has 12 N–H and O–H groups in total. The highest BCUT2D eigenvalue weighted by Gasteiger charge is 2.26. The van der Waals surface area contributed by atoms with Crippen molar-refractivity contribution in [2.75, 3.05) is 42.9 Å². The Morgan fingerprint density at radius 1 is 0.926 bits per heavy atom. The van der Waals surface area contributed by atoms with Crippen LogP contribution in [-0.2, 0) is 43.6 Å². The third-order valence-corrected chi connectivity index (χ3v) is 10.8. The molecule has 4 aromatic rings. The largest absolute Gasteiger partial charge is 0.483 e. The fourth-order valence-corrected chi connectivity index (χ4v) is 7.36. The molecule has 1 aliphatic heterocycles. The average molecular weight is 948 g/mol. The highest BCUT2D eigenvalue weighted by molar-refractivity contribution is 5.95. The molecule has 1 fully saturated rings. The predicted octanol–water partition coefficient (Wildman–Crippen LogP) is 5.12. The maximum atomic E-state index is 15.4. The number of esters is 1. The van der Waals surface area contributed by atoms with Crippen LogP contribution in [0.1, 0.15) is 67.9 Å². The molecule has 1 aliphatic rings. The number of nitrogens with zero attached hydrogens (tertiary/aromatic N) is 3. The number of halogens is 1. The lowest BCUT2D eigenvalue weighted by atomic mass is 9.91. The van der Waals surface area contributed by atoms with Crippen LogP contribution in [0.2, 0.25) is 0 Å². The molecule has 20 nitrogen and oxygen atoms in total. The number of rotatable bonds is 20. The van der Waals surface area contributed by atoms with E-state index in [-0.39, 0.29) is 93.8 Å². The first-order chi connectivity index (χ1) is 32.0. The lowest BCUT2D eigenvalue weighted by molar-refractivity contribution is -0.146. The number of carboxylic acid groups (broad SMARTS) is 2. The van der Waals surface area contributed by atoms with Crippen LogP contribution in [0.15, 0.2) is 89.6 Å². The van der Waals surface area contributed by atoms with Gasteiger partial charge in [0.25, 0.3) is 6.47 Å². The molecule has 2 atom stereocenters. The molecule has 368 valence electrons. The summed E-state index contributed by atoms with van der Waals surface area (Å²) in [5.41, 5.74) is 13.6. The zero-order valence-corrected chi connectivity index (χ0v) is 38.5. The van der Waals surface area contributed by atoms with E-state index in [1.807, 2.05) is 44.2 Å². The van der Waals surface area contributed by atoms with Crippen molar-refractivity contribution in [1.29, 1.82) is 0 Å². The molecule has 4 amide bonds. The van der Waals surface area contributed by atoms with E-state index in [4.69, 9.17) is 30.8 Å². The number of anilines is 2. The maximum Gasteiger partial charge on any atom is 0.410 e. The summed E-state index contributed by atoms with van der Waals surface area (Å²) in [6.45, 7) is 7.38.